The average molecular weight is 436 g/mol. The molecule has 0 aliphatic heterocycles. The number of aromatic nitrogens is 1. The number of aryl methyl sites for hydroxylation is 2. The highest BCUT2D eigenvalue weighted by Gasteiger charge is 2.30. The quantitative estimate of drug-likeness (QED) is 0.328. The SMILES string of the molecule is Cc1cccc(C)c1N=c1scc(-c2ccc([N+](=O)[O-])cc2)n1C1CCCC(C)C1C. The Morgan fingerprint density at radius 3 is 2.39 bits per heavy atom. The van der Waals surface area contributed by atoms with Crippen LogP contribution in [0, 0.1) is 35.8 Å². The van der Waals surface area contributed by atoms with Gasteiger partial charge in [-0.15, -0.1) is 11.3 Å². The minimum atomic E-state index is -0.349. The molecule has 1 aliphatic carbocycles. The van der Waals surface area contributed by atoms with Crippen molar-refractivity contribution in [2.75, 3.05) is 0 Å². The minimum Gasteiger partial charge on any atom is -0.313 e. The second-order valence-electron chi connectivity index (χ2n) is 8.76. The van der Waals surface area contributed by atoms with Gasteiger partial charge in [0.15, 0.2) is 4.80 Å². The number of nitrogens with zero attached hydrogens (tertiary/aromatic N) is 3. The topological polar surface area (TPSA) is 60.4 Å². The lowest BCUT2D eigenvalue weighted by Gasteiger charge is -2.36. The lowest BCUT2D eigenvalue weighted by Crippen LogP contribution is -2.32. The van der Waals surface area contributed by atoms with E-state index in [1.54, 1.807) is 23.5 Å². The molecular weight excluding hydrogens is 406 g/mol. The molecule has 0 radical (unpaired) electrons. The van der Waals surface area contributed by atoms with Crippen molar-refractivity contribution >= 4 is 22.7 Å². The highest BCUT2D eigenvalue weighted by atomic mass is 32.1. The molecule has 6 heteroatoms. The van der Waals surface area contributed by atoms with E-state index in [-0.39, 0.29) is 10.6 Å². The van der Waals surface area contributed by atoms with Crippen LogP contribution in [0.4, 0.5) is 11.4 Å². The summed E-state index contributed by atoms with van der Waals surface area (Å²) in [4.78, 5) is 16.9. The van der Waals surface area contributed by atoms with Crippen molar-refractivity contribution in [2.45, 2.75) is 53.0 Å². The van der Waals surface area contributed by atoms with Crippen molar-refractivity contribution < 1.29 is 4.92 Å². The number of non-ortho nitro benzene ring substituents is 1. The van der Waals surface area contributed by atoms with Crippen molar-refractivity contribution in [2.24, 2.45) is 16.8 Å². The summed E-state index contributed by atoms with van der Waals surface area (Å²) < 4.78 is 2.40. The first kappa shape index (κ1) is 21.5. The van der Waals surface area contributed by atoms with Gasteiger partial charge in [0.2, 0.25) is 0 Å². The molecule has 31 heavy (non-hydrogen) atoms. The summed E-state index contributed by atoms with van der Waals surface area (Å²) >= 11 is 1.65. The molecule has 0 amide bonds. The highest BCUT2D eigenvalue weighted by molar-refractivity contribution is 7.07. The molecule has 4 rings (SSSR count). The molecule has 0 spiro atoms. The molecule has 2 aromatic carbocycles. The fraction of sp³-hybridized carbons (Fsp3) is 0.400. The Hall–Kier alpha value is -2.73. The van der Waals surface area contributed by atoms with Crippen LogP contribution in [0.5, 0.6) is 0 Å². The maximum absolute atomic E-state index is 11.1. The highest BCUT2D eigenvalue weighted by Crippen LogP contribution is 2.40. The molecule has 3 atom stereocenters. The Kier molecular flexibility index (Phi) is 6.10. The van der Waals surface area contributed by atoms with Gasteiger partial charge < -0.3 is 4.57 Å². The van der Waals surface area contributed by atoms with E-state index in [1.807, 2.05) is 12.1 Å². The third-order valence-corrected chi connectivity index (χ3v) is 7.60. The Morgan fingerprint density at radius 2 is 1.74 bits per heavy atom. The van der Waals surface area contributed by atoms with E-state index in [1.165, 1.54) is 24.0 Å². The lowest BCUT2D eigenvalue weighted by atomic mass is 9.78. The van der Waals surface area contributed by atoms with Crippen LogP contribution in [0.15, 0.2) is 52.8 Å². The number of nitro groups is 1. The zero-order valence-electron chi connectivity index (χ0n) is 18.5. The van der Waals surface area contributed by atoms with E-state index in [0.29, 0.717) is 17.9 Å². The number of para-hydroxylation sites is 1. The predicted molar refractivity (Wildman–Crippen MR) is 127 cm³/mol. The van der Waals surface area contributed by atoms with E-state index < -0.39 is 0 Å². The smallest absolute Gasteiger partial charge is 0.269 e. The molecule has 1 aliphatic rings. The summed E-state index contributed by atoms with van der Waals surface area (Å²) in [7, 11) is 0. The number of nitro benzene ring substituents is 1. The monoisotopic (exact) mass is 435 g/mol. The maximum Gasteiger partial charge on any atom is 0.269 e. The van der Waals surface area contributed by atoms with Crippen LogP contribution in [0.3, 0.4) is 0 Å². The normalized spacial score (nSPS) is 21.9. The third-order valence-electron chi connectivity index (χ3n) is 6.76. The summed E-state index contributed by atoms with van der Waals surface area (Å²) in [5.41, 5.74) is 5.57. The number of hydrogen-bond acceptors (Lipinski definition) is 4. The van der Waals surface area contributed by atoms with Crippen molar-refractivity contribution in [3.63, 3.8) is 0 Å². The van der Waals surface area contributed by atoms with Gasteiger partial charge in [0.25, 0.3) is 5.69 Å². The summed E-state index contributed by atoms with van der Waals surface area (Å²) in [5, 5.41) is 13.3. The number of hydrogen-bond donors (Lipinski definition) is 0. The third kappa shape index (κ3) is 4.22. The maximum atomic E-state index is 11.1. The van der Waals surface area contributed by atoms with E-state index in [9.17, 15) is 10.1 Å². The molecule has 0 bridgehead atoms. The average Bonchev–Trinajstić information content (AvgIpc) is 3.16. The summed E-state index contributed by atoms with van der Waals surface area (Å²) in [6.45, 7) is 8.90. The molecule has 1 fully saturated rings. The summed E-state index contributed by atoms with van der Waals surface area (Å²) in [5.74, 6) is 1.20. The van der Waals surface area contributed by atoms with Gasteiger partial charge in [0.1, 0.15) is 0 Å². The van der Waals surface area contributed by atoms with Gasteiger partial charge in [0.05, 0.1) is 16.3 Å². The molecule has 0 saturated heterocycles. The molecule has 162 valence electrons. The first-order valence-corrected chi connectivity index (χ1v) is 11.8. The molecular formula is C25H29N3O2S. The van der Waals surface area contributed by atoms with Gasteiger partial charge in [-0.05, 0) is 60.9 Å². The van der Waals surface area contributed by atoms with Crippen LogP contribution < -0.4 is 4.80 Å². The Morgan fingerprint density at radius 1 is 1.06 bits per heavy atom. The molecule has 0 N–H and O–H groups in total. The standard InChI is InChI=1S/C25H29N3O2S/c1-16-7-6-10-22(19(16)4)27-23(20-11-13-21(14-12-20)28(29)30)15-31-25(27)26-24-17(2)8-5-9-18(24)3/h5,8-9,11-16,19,22H,6-7,10H2,1-4H3. The van der Waals surface area contributed by atoms with Crippen LogP contribution >= 0.6 is 11.3 Å². The number of benzene rings is 2. The van der Waals surface area contributed by atoms with E-state index in [2.05, 4.69) is 55.8 Å². The van der Waals surface area contributed by atoms with Crippen LogP contribution in [0.2, 0.25) is 0 Å². The van der Waals surface area contributed by atoms with Gasteiger partial charge in [-0.1, -0.05) is 44.9 Å². The lowest BCUT2D eigenvalue weighted by molar-refractivity contribution is -0.384. The fourth-order valence-electron chi connectivity index (χ4n) is 4.68. The second kappa shape index (κ2) is 8.79. The Balaban J connectivity index is 1.90. The minimum absolute atomic E-state index is 0.116. The summed E-state index contributed by atoms with van der Waals surface area (Å²) in [6.07, 6.45) is 3.60. The number of thiazole rings is 1. The van der Waals surface area contributed by atoms with Gasteiger partial charge in [-0.3, -0.25) is 10.1 Å². The van der Waals surface area contributed by atoms with Crippen molar-refractivity contribution in [1.82, 2.24) is 4.57 Å². The zero-order chi connectivity index (χ0) is 22.1. The van der Waals surface area contributed by atoms with E-state index in [0.717, 1.165) is 28.2 Å². The van der Waals surface area contributed by atoms with Crippen molar-refractivity contribution in [3.8, 4) is 11.3 Å². The Labute approximate surface area is 187 Å². The van der Waals surface area contributed by atoms with Crippen LogP contribution in [-0.2, 0) is 0 Å². The van der Waals surface area contributed by atoms with Gasteiger partial charge in [-0.2, -0.15) is 0 Å². The largest absolute Gasteiger partial charge is 0.313 e. The number of rotatable bonds is 4. The van der Waals surface area contributed by atoms with Crippen LogP contribution in [0.1, 0.15) is 50.3 Å². The van der Waals surface area contributed by atoms with E-state index >= 15 is 0 Å². The van der Waals surface area contributed by atoms with Crippen LogP contribution in [0.25, 0.3) is 11.3 Å². The summed E-state index contributed by atoms with van der Waals surface area (Å²) in [6, 6.07) is 13.5. The van der Waals surface area contributed by atoms with Gasteiger partial charge in [-0.25, -0.2) is 4.99 Å². The Bertz CT molecular complexity index is 1140. The van der Waals surface area contributed by atoms with Crippen molar-refractivity contribution in [3.05, 3.63) is 73.9 Å². The fourth-order valence-corrected chi connectivity index (χ4v) is 5.64. The van der Waals surface area contributed by atoms with Crippen LogP contribution in [-0.4, -0.2) is 9.49 Å². The molecule has 3 aromatic rings. The van der Waals surface area contributed by atoms with Gasteiger partial charge >= 0.3 is 0 Å². The predicted octanol–water partition coefficient (Wildman–Crippen LogP) is 6.97. The molecule has 1 saturated carbocycles. The second-order valence-corrected chi connectivity index (χ2v) is 9.60. The first-order chi connectivity index (χ1) is 14.9. The molecule has 5 nitrogen and oxygen atoms in total. The molecule has 1 heterocycles. The van der Waals surface area contributed by atoms with Crippen molar-refractivity contribution in [1.29, 1.82) is 0 Å². The molecule has 1 aromatic heterocycles. The first-order valence-electron chi connectivity index (χ1n) is 10.9. The van der Waals surface area contributed by atoms with Gasteiger partial charge in [0, 0.05) is 23.6 Å². The zero-order valence-corrected chi connectivity index (χ0v) is 19.4. The van der Waals surface area contributed by atoms with E-state index in [4.69, 9.17) is 4.99 Å². The molecule has 3 unspecified atom stereocenters.